The first kappa shape index (κ1) is 10.8. The average molecular weight is 229 g/mol. The molecule has 0 unspecified atom stereocenters. The van der Waals surface area contributed by atoms with Gasteiger partial charge in [0, 0.05) is 10.9 Å². The molecule has 0 amide bonds. The van der Waals surface area contributed by atoms with E-state index < -0.39 is 0 Å². The first-order valence-corrected chi connectivity index (χ1v) is 5.12. The molecular formula is C8H7NO3S2. The van der Waals surface area contributed by atoms with Crippen LogP contribution in [0, 0.1) is 0 Å². The maximum atomic E-state index is 10.3. The van der Waals surface area contributed by atoms with Crippen molar-refractivity contribution in [3.63, 3.8) is 0 Å². The molecule has 0 atom stereocenters. The van der Waals surface area contributed by atoms with Gasteiger partial charge in [-0.25, -0.2) is 4.21 Å². The van der Waals surface area contributed by atoms with E-state index in [1.165, 1.54) is 12.5 Å². The molecular weight excluding hydrogens is 222 g/mol. The highest BCUT2D eigenvalue weighted by Gasteiger charge is 2.00. The predicted molar refractivity (Wildman–Crippen MR) is 56.5 cm³/mol. The summed E-state index contributed by atoms with van der Waals surface area (Å²) in [5.74, 6) is 0.625. The Morgan fingerprint density at radius 2 is 2.21 bits per heavy atom. The van der Waals surface area contributed by atoms with E-state index in [1.807, 2.05) is 0 Å². The second-order valence-electron chi connectivity index (χ2n) is 2.30. The van der Waals surface area contributed by atoms with Crippen LogP contribution in [0.2, 0.25) is 0 Å². The van der Waals surface area contributed by atoms with Crippen molar-refractivity contribution in [1.29, 1.82) is 0 Å². The number of hydrogen-bond acceptors (Lipinski definition) is 4. The molecule has 0 aliphatic carbocycles. The standard InChI is InChI=1S/C8H7NO3S2/c1-12-7-2-3-8(9-14-11)6(4-7)5-13-10/h2-5H,1H3. The lowest BCUT2D eigenvalue weighted by molar-refractivity contribution is 0.415. The molecule has 6 heteroatoms. The van der Waals surface area contributed by atoms with E-state index in [9.17, 15) is 8.42 Å². The molecule has 1 rings (SSSR count). The van der Waals surface area contributed by atoms with Gasteiger partial charge in [-0.3, -0.25) is 0 Å². The lowest BCUT2D eigenvalue weighted by Gasteiger charge is -2.01. The first-order chi connectivity index (χ1) is 6.81. The molecule has 74 valence electrons. The normalized spacial score (nSPS) is 8.93. The SMILES string of the molecule is COc1ccc(N=S=O)c(C=S=O)c1. The summed E-state index contributed by atoms with van der Waals surface area (Å²) in [5, 5.41) is 1.37. The predicted octanol–water partition coefficient (Wildman–Crippen LogP) is 1.09. The summed E-state index contributed by atoms with van der Waals surface area (Å²) in [6.45, 7) is 0. The van der Waals surface area contributed by atoms with Crippen LogP contribution in [-0.4, -0.2) is 20.9 Å². The molecule has 0 N–H and O–H groups in total. The Bertz CT molecular complexity index is 434. The Morgan fingerprint density at radius 1 is 1.43 bits per heavy atom. The van der Waals surface area contributed by atoms with Gasteiger partial charge in [-0.15, -0.1) is 0 Å². The van der Waals surface area contributed by atoms with Crippen molar-refractivity contribution in [3.05, 3.63) is 23.8 Å². The van der Waals surface area contributed by atoms with Gasteiger partial charge in [0.05, 0.1) is 24.1 Å². The fourth-order valence-electron chi connectivity index (χ4n) is 0.929. The Labute approximate surface area is 88.2 Å². The molecule has 0 aliphatic heterocycles. The van der Waals surface area contributed by atoms with E-state index in [0.717, 1.165) is 0 Å². The van der Waals surface area contributed by atoms with Crippen molar-refractivity contribution in [2.24, 2.45) is 4.36 Å². The van der Waals surface area contributed by atoms with Gasteiger partial charge in [0.25, 0.3) is 0 Å². The maximum absolute atomic E-state index is 10.3. The highest BCUT2D eigenvalue weighted by Crippen LogP contribution is 2.22. The van der Waals surface area contributed by atoms with Crippen molar-refractivity contribution in [2.75, 3.05) is 7.11 Å². The van der Waals surface area contributed by atoms with Crippen LogP contribution in [0.15, 0.2) is 22.6 Å². The third-order valence-electron chi connectivity index (χ3n) is 1.55. The van der Waals surface area contributed by atoms with Crippen LogP contribution in [0.3, 0.4) is 0 Å². The van der Waals surface area contributed by atoms with Crippen molar-refractivity contribution in [1.82, 2.24) is 0 Å². The van der Waals surface area contributed by atoms with Crippen LogP contribution in [0.25, 0.3) is 0 Å². The summed E-state index contributed by atoms with van der Waals surface area (Å²) in [6, 6.07) is 4.97. The van der Waals surface area contributed by atoms with Crippen LogP contribution in [-0.2, 0) is 22.7 Å². The molecule has 0 saturated carbocycles. The van der Waals surface area contributed by atoms with E-state index in [2.05, 4.69) is 4.36 Å². The summed E-state index contributed by atoms with van der Waals surface area (Å²) in [7, 11) is 1.53. The summed E-state index contributed by atoms with van der Waals surface area (Å²) >= 11 is 0.423. The van der Waals surface area contributed by atoms with Gasteiger partial charge in [-0.05, 0) is 18.2 Å². The van der Waals surface area contributed by atoms with E-state index >= 15 is 0 Å². The zero-order valence-corrected chi connectivity index (χ0v) is 8.93. The van der Waals surface area contributed by atoms with Gasteiger partial charge in [0.1, 0.15) is 5.75 Å². The molecule has 1 aromatic carbocycles. The Balaban J connectivity index is 3.29. The minimum absolute atomic E-state index is 0.111. The molecule has 0 spiro atoms. The molecule has 1 aromatic rings. The van der Waals surface area contributed by atoms with Crippen molar-refractivity contribution < 1.29 is 13.2 Å². The molecule has 0 saturated heterocycles. The van der Waals surface area contributed by atoms with Gasteiger partial charge >= 0.3 is 0 Å². The van der Waals surface area contributed by atoms with E-state index in [-0.39, 0.29) is 11.5 Å². The number of nitrogens with zero attached hydrogens (tertiary/aromatic N) is 1. The fraction of sp³-hybridized carbons (Fsp3) is 0.125. The minimum Gasteiger partial charge on any atom is -0.497 e. The largest absolute Gasteiger partial charge is 0.497 e. The lowest BCUT2D eigenvalue weighted by Crippen LogP contribution is -1.86. The van der Waals surface area contributed by atoms with Gasteiger partial charge in [-0.2, -0.15) is 8.57 Å². The average Bonchev–Trinajstić information content (AvgIpc) is 2.21. The van der Waals surface area contributed by atoms with Crippen LogP contribution in [0.5, 0.6) is 5.75 Å². The number of rotatable bonds is 3. The van der Waals surface area contributed by atoms with Crippen LogP contribution < -0.4 is 4.74 Å². The molecule has 0 heterocycles. The van der Waals surface area contributed by atoms with Crippen LogP contribution in [0.1, 0.15) is 5.56 Å². The zero-order chi connectivity index (χ0) is 10.4. The van der Waals surface area contributed by atoms with Gasteiger partial charge in [0.2, 0.25) is 11.5 Å². The number of ether oxygens (including phenoxy) is 1. The van der Waals surface area contributed by atoms with E-state index in [1.54, 1.807) is 18.2 Å². The van der Waals surface area contributed by atoms with Crippen LogP contribution in [0.4, 0.5) is 5.69 Å². The van der Waals surface area contributed by atoms with Crippen molar-refractivity contribution in [3.8, 4) is 5.75 Å². The Morgan fingerprint density at radius 3 is 2.79 bits per heavy atom. The quantitative estimate of drug-likeness (QED) is 0.729. The zero-order valence-electron chi connectivity index (χ0n) is 7.30. The molecule has 0 bridgehead atoms. The molecule has 14 heavy (non-hydrogen) atoms. The number of methoxy groups -OCH3 is 1. The maximum Gasteiger partial charge on any atom is 0.205 e. The monoisotopic (exact) mass is 229 g/mol. The van der Waals surface area contributed by atoms with Gasteiger partial charge in [0.15, 0.2) is 0 Å². The molecule has 0 fully saturated rings. The summed E-state index contributed by atoms with van der Waals surface area (Å²) < 4.78 is 29.2. The topological polar surface area (TPSA) is 55.7 Å². The number of benzene rings is 1. The van der Waals surface area contributed by atoms with Crippen LogP contribution >= 0.6 is 0 Å². The highest BCUT2D eigenvalue weighted by atomic mass is 32.1. The summed E-state index contributed by atoms with van der Waals surface area (Å²) in [6.07, 6.45) is 0. The second-order valence-corrected chi connectivity index (χ2v) is 3.06. The minimum atomic E-state index is 0.111. The Kier molecular flexibility index (Phi) is 4.21. The van der Waals surface area contributed by atoms with E-state index in [0.29, 0.717) is 28.3 Å². The van der Waals surface area contributed by atoms with Gasteiger partial charge in [-0.1, -0.05) is 0 Å². The lowest BCUT2D eigenvalue weighted by atomic mass is 10.2. The van der Waals surface area contributed by atoms with Crippen molar-refractivity contribution >= 4 is 33.8 Å². The second kappa shape index (κ2) is 5.46. The fourth-order valence-corrected chi connectivity index (χ4v) is 1.47. The highest BCUT2D eigenvalue weighted by molar-refractivity contribution is 7.65. The molecule has 4 nitrogen and oxygen atoms in total. The van der Waals surface area contributed by atoms with E-state index in [4.69, 9.17) is 4.74 Å². The third-order valence-corrected chi connectivity index (χ3v) is 2.17. The summed E-state index contributed by atoms with van der Waals surface area (Å²) in [4.78, 5) is 0. The smallest absolute Gasteiger partial charge is 0.205 e. The number of hydrogen-bond donors (Lipinski definition) is 0. The first-order valence-electron chi connectivity index (χ1n) is 3.61. The van der Waals surface area contributed by atoms with Crippen molar-refractivity contribution in [2.45, 2.75) is 0 Å². The third kappa shape index (κ3) is 2.61. The Hall–Kier alpha value is -1.27. The molecule has 0 radical (unpaired) electrons. The molecule has 0 aromatic heterocycles. The molecule has 0 aliphatic rings. The summed E-state index contributed by atoms with van der Waals surface area (Å²) in [5.41, 5.74) is 1.07. The van der Waals surface area contributed by atoms with Gasteiger partial charge < -0.3 is 4.74 Å².